The van der Waals surface area contributed by atoms with E-state index < -0.39 is 17.6 Å². The molecule has 2 amide bonds. The van der Waals surface area contributed by atoms with Gasteiger partial charge in [-0.25, -0.2) is 4.39 Å². The molecule has 0 unspecified atom stereocenters. The second kappa shape index (κ2) is 11.4. The number of carbonyl (C=O) groups excluding carboxylic acids is 2. The Morgan fingerprint density at radius 2 is 1.51 bits per heavy atom. The van der Waals surface area contributed by atoms with Gasteiger partial charge in [0.2, 0.25) is 0 Å². The number of piperidine rings is 1. The molecule has 1 saturated heterocycles. The molecule has 1 fully saturated rings. The molecule has 4 rings (SSSR count). The van der Waals surface area contributed by atoms with Crippen molar-refractivity contribution in [3.8, 4) is 0 Å². The molecule has 180 valence electrons. The van der Waals surface area contributed by atoms with Crippen LogP contribution in [0.15, 0.2) is 66.7 Å². The summed E-state index contributed by atoms with van der Waals surface area (Å²) in [5.41, 5.74) is 3.07. The fraction of sp³-hybridized carbons (Fsp3) is 0.222. The first kappa shape index (κ1) is 24.8. The predicted octanol–water partition coefficient (Wildman–Crippen LogP) is 6.08. The van der Waals surface area contributed by atoms with E-state index in [1.54, 1.807) is 36.4 Å². The predicted molar refractivity (Wildman–Crippen MR) is 145 cm³/mol. The summed E-state index contributed by atoms with van der Waals surface area (Å²) < 4.78 is 14.8. The Kier molecular flexibility index (Phi) is 8.12. The highest BCUT2D eigenvalue weighted by atomic mass is 127. The van der Waals surface area contributed by atoms with E-state index in [2.05, 4.69) is 38.1 Å². The van der Waals surface area contributed by atoms with Crippen LogP contribution in [0.4, 0.5) is 15.8 Å². The van der Waals surface area contributed by atoms with Crippen molar-refractivity contribution in [3.63, 3.8) is 0 Å². The van der Waals surface area contributed by atoms with Crippen LogP contribution in [0, 0.1) is 11.2 Å². The van der Waals surface area contributed by atoms with Crippen LogP contribution in [0.1, 0.15) is 51.1 Å². The molecule has 0 atom stereocenters. The van der Waals surface area contributed by atoms with Gasteiger partial charge >= 0.3 is 0 Å². The lowest BCUT2D eigenvalue weighted by molar-refractivity contribution is 0.102. The van der Waals surface area contributed by atoms with Crippen molar-refractivity contribution in [3.05, 3.63) is 94.8 Å². The number of halogens is 2. The van der Waals surface area contributed by atoms with Crippen LogP contribution >= 0.6 is 22.6 Å². The standard InChI is InChI=1S/C27H26FIN4O2/c28-21-10-13-24(23(16-21)27(35)31-22-11-4-18(17-29)5-12-22)32-26(34)20-8-6-19(7-9-20)25(30)33-14-2-1-3-15-33/h4-13,16,30H,1-3,14-15,17H2,(H,31,35)(H,32,34). The number of alkyl halides is 1. The third-order valence-corrected chi connectivity index (χ3v) is 6.81. The van der Waals surface area contributed by atoms with E-state index in [1.807, 2.05) is 12.1 Å². The molecule has 0 aliphatic carbocycles. The summed E-state index contributed by atoms with van der Waals surface area (Å²) in [5.74, 6) is -1.06. The summed E-state index contributed by atoms with van der Waals surface area (Å²) in [6, 6.07) is 17.9. The van der Waals surface area contributed by atoms with E-state index in [-0.39, 0.29) is 11.3 Å². The fourth-order valence-electron chi connectivity index (χ4n) is 3.96. The lowest BCUT2D eigenvalue weighted by Gasteiger charge is -2.29. The largest absolute Gasteiger partial charge is 0.357 e. The topological polar surface area (TPSA) is 85.3 Å². The van der Waals surface area contributed by atoms with Gasteiger partial charge in [0.15, 0.2) is 0 Å². The second-order valence-electron chi connectivity index (χ2n) is 8.40. The highest BCUT2D eigenvalue weighted by molar-refractivity contribution is 14.1. The Balaban J connectivity index is 1.47. The Hall–Kier alpha value is -3.27. The van der Waals surface area contributed by atoms with Gasteiger partial charge in [-0.1, -0.05) is 46.9 Å². The van der Waals surface area contributed by atoms with Crippen LogP contribution in [0.3, 0.4) is 0 Å². The molecule has 0 spiro atoms. The molecule has 1 aliphatic heterocycles. The first-order chi connectivity index (χ1) is 16.9. The van der Waals surface area contributed by atoms with Gasteiger partial charge in [-0.05, 0) is 67.3 Å². The summed E-state index contributed by atoms with van der Waals surface area (Å²) in [5, 5.41) is 13.9. The Labute approximate surface area is 217 Å². The monoisotopic (exact) mass is 584 g/mol. The van der Waals surface area contributed by atoms with Crippen molar-refractivity contribution < 1.29 is 14.0 Å². The zero-order chi connectivity index (χ0) is 24.8. The van der Waals surface area contributed by atoms with E-state index >= 15 is 0 Å². The zero-order valence-corrected chi connectivity index (χ0v) is 21.3. The smallest absolute Gasteiger partial charge is 0.257 e. The molecule has 3 aromatic carbocycles. The SMILES string of the molecule is N=C(c1ccc(C(=O)Nc2ccc(F)cc2C(=O)Nc2ccc(CI)cc2)cc1)N1CCCCC1. The molecule has 8 heteroatoms. The van der Waals surface area contributed by atoms with Gasteiger partial charge in [0, 0.05) is 34.3 Å². The Bertz CT molecular complexity index is 1220. The number of amidine groups is 1. The first-order valence-corrected chi connectivity index (χ1v) is 13.0. The van der Waals surface area contributed by atoms with E-state index in [0.717, 1.165) is 47.6 Å². The maximum atomic E-state index is 14.0. The Morgan fingerprint density at radius 1 is 0.857 bits per heavy atom. The number of nitrogens with zero attached hydrogens (tertiary/aromatic N) is 1. The molecule has 6 nitrogen and oxygen atoms in total. The number of benzene rings is 3. The second-order valence-corrected chi connectivity index (χ2v) is 9.17. The number of amides is 2. The van der Waals surface area contributed by atoms with Gasteiger partial charge in [0.1, 0.15) is 11.7 Å². The molecule has 3 N–H and O–H groups in total. The van der Waals surface area contributed by atoms with Crippen LogP contribution in [-0.4, -0.2) is 35.6 Å². The number of likely N-dealkylation sites (tertiary alicyclic amines) is 1. The summed E-state index contributed by atoms with van der Waals surface area (Å²) >= 11 is 2.26. The highest BCUT2D eigenvalue weighted by Gasteiger charge is 2.18. The van der Waals surface area contributed by atoms with Crippen LogP contribution in [0.5, 0.6) is 0 Å². The number of carbonyl (C=O) groups is 2. The molecule has 3 aromatic rings. The van der Waals surface area contributed by atoms with Crippen LogP contribution in [0.2, 0.25) is 0 Å². The maximum Gasteiger partial charge on any atom is 0.257 e. The van der Waals surface area contributed by atoms with Crippen molar-refractivity contribution >= 4 is 51.6 Å². The van der Waals surface area contributed by atoms with Gasteiger partial charge in [-0.15, -0.1) is 0 Å². The number of hydrogen-bond donors (Lipinski definition) is 3. The number of hydrogen-bond acceptors (Lipinski definition) is 3. The minimum atomic E-state index is -0.575. The zero-order valence-electron chi connectivity index (χ0n) is 19.1. The summed E-state index contributed by atoms with van der Waals surface area (Å²) in [7, 11) is 0. The highest BCUT2D eigenvalue weighted by Crippen LogP contribution is 2.21. The fourth-order valence-corrected chi connectivity index (χ4v) is 4.47. The van der Waals surface area contributed by atoms with E-state index in [4.69, 9.17) is 5.41 Å². The van der Waals surface area contributed by atoms with Gasteiger partial charge in [0.25, 0.3) is 11.8 Å². The molecular weight excluding hydrogens is 558 g/mol. The lowest BCUT2D eigenvalue weighted by atomic mass is 10.1. The first-order valence-electron chi connectivity index (χ1n) is 11.5. The molecule has 0 bridgehead atoms. The summed E-state index contributed by atoms with van der Waals surface area (Å²) in [4.78, 5) is 27.8. The number of anilines is 2. The van der Waals surface area contributed by atoms with Gasteiger partial charge in [-0.2, -0.15) is 0 Å². The number of nitrogens with one attached hydrogen (secondary N) is 3. The average molecular weight is 584 g/mol. The van der Waals surface area contributed by atoms with Crippen LogP contribution in [0.25, 0.3) is 0 Å². The molecule has 1 heterocycles. The molecular formula is C27H26FIN4O2. The van der Waals surface area contributed by atoms with Gasteiger partial charge < -0.3 is 15.5 Å². The average Bonchev–Trinajstić information content (AvgIpc) is 2.90. The van der Waals surface area contributed by atoms with Crippen molar-refractivity contribution in [2.75, 3.05) is 23.7 Å². The lowest BCUT2D eigenvalue weighted by Crippen LogP contribution is -2.35. The third-order valence-electron chi connectivity index (χ3n) is 5.93. The van der Waals surface area contributed by atoms with Crippen LogP contribution < -0.4 is 10.6 Å². The third kappa shape index (κ3) is 6.25. The van der Waals surface area contributed by atoms with E-state index in [1.165, 1.54) is 18.6 Å². The normalized spacial score (nSPS) is 13.3. The quantitative estimate of drug-likeness (QED) is 0.142. The minimum Gasteiger partial charge on any atom is -0.357 e. The van der Waals surface area contributed by atoms with Crippen molar-refractivity contribution in [2.45, 2.75) is 23.7 Å². The van der Waals surface area contributed by atoms with E-state index in [0.29, 0.717) is 17.1 Å². The minimum absolute atomic E-state index is 0.0276. The van der Waals surface area contributed by atoms with Gasteiger partial charge in [0.05, 0.1) is 11.3 Å². The van der Waals surface area contributed by atoms with Crippen molar-refractivity contribution in [1.29, 1.82) is 5.41 Å². The molecule has 35 heavy (non-hydrogen) atoms. The van der Waals surface area contributed by atoms with E-state index in [9.17, 15) is 14.0 Å². The maximum absolute atomic E-state index is 14.0. The van der Waals surface area contributed by atoms with Gasteiger partial charge in [-0.3, -0.25) is 15.0 Å². The van der Waals surface area contributed by atoms with Crippen molar-refractivity contribution in [1.82, 2.24) is 4.90 Å². The molecule has 1 aliphatic rings. The Morgan fingerprint density at radius 3 is 2.17 bits per heavy atom. The molecule has 0 aromatic heterocycles. The molecule has 0 saturated carbocycles. The summed E-state index contributed by atoms with van der Waals surface area (Å²) in [6.07, 6.45) is 3.36. The van der Waals surface area contributed by atoms with Crippen LogP contribution in [-0.2, 0) is 4.43 Å². The van der Waals surface area contributed by atoms with Crippen molar-refractivity contribution in [2.24, 2.45) is 0 Å². The summed E-state index contributed by atoms with van der Waals surface area (Å²) in [6.45, 7) is 1.75. The molecule has 0 radical (unpaired) electrons. The number of rotatable bonds is 6.